The summed E-state index contributed by atoms with van der Waals surface area (Å²) < 4.78 is 0. The Balaban J connectivity index is 3.44. The first-order valence-corrected chi connectivity index (χ1v) is 3.23. The second-order valence-electron chi connectivity index (χ2n) is 2.30. The van der Waals surface area contributed by atoms with Crippen molar-refractivity contribution in [2.75, 3.05) is 5.73 Å². The molecule has 0 saturated carbocycles. The number of hydrogen-bond donors (Lipinski definition) is 2. The maximum absolute atomic E-state index is 10.3. The maximum Gasteiger partial charge on any atom is 0.314 e. The van der Waals surface area contributed by atoms with Crippen molar-refractivity contribution < 1.29 is 10.0 Å². The number of nitrogens with two attached hydrogens (primary N) is 1. The van der Waals surface area contributed by atoms with E-state index < -0.39 is 16.4 Å². The Morgan fingerprint density at radius 1 is 1.62 bits per heavy atom. The second kappa shape index (κ2) is 2.98. The van der Waals surface area contributed by atoms with E-state index in [4.69, 9.17) is 16.1 Å². The molecule has 1 aromatic carbocycles. The Hall–Kier alpha value is -2.29. The van der Waals surface area contributed by atoms with Crippen LogP contribution in [0.2, 0.25) is 0 Å². The average Bonchev–Trinajstić information content (AvgIpc) is 2.09. The highest BCUT2D eigenvalue weighted by atomic mass is 16.6. The molecule has 0 bridgehead atoms. The van der Waals surface area contributed by atoms with E-state index in [1.54, 1.807) is 6.07 Å². The van der Waals surface area contributed by atoms with Gasteiger partial charge in [-0.3, -0.25) is 10.1 Å². The van der Waals surface area contributed by atoms with Crippen LogP contribution >= 0.6 is 0 Å². The van der Waals surface area contributed by atoms with Gasteiger partial charge in [-0.05, 0) is 6.07 Å². The summed E-state index contributed by atoms with van der Waals surface area (Å²) in [6.07, 6.45) is 0. The number of nitrogen functional groups attached to an aromatic ring is 1. The molecule has 0 unspecified atom stereocenters. The van der Waals surface area contributed by atoms with Gasteiger partial charge in [-0.25, -0.2) is 0 Å². The number of nitriles is 1. The number of phenolic OH excluding ortho intramolecular Hbond substituents is 1. The summed E-state index contributed by atoms with van der Waals surface area (Å²) in [5.41, 5.74) is 4.54. The van der Waals surface area contributed by atoms with Gasteiger partial charge >= 0.3 is 5.69 Å². The van der Waals surface area contributed by atoms with Crippen LogP contribution in [0.3, 0.4) is 0 Å². The van der Waals surface area contributed by atoms with E-state index in [1.807, 2.05) is 0 Å². The predicted molar refractivity (Wildman–Crippen MR) is 43.9 cm³/mol. The molecule has 0 saturated heterocycles. The quantitative estimate of drug-likeness (QED) is 0.286. The van der Waals surface area contributed by atoms with Gasteiger partial charge in [0.15, 0.2) is 0 Å². The van der Waals surface area contributed by atoms with E-state index >= 15 is 0 Å². The molecule has 66 valence electrons. The summed E-state index contributed by atoms with van der Waals surface area (Å²) in [6.45, 7) is 0. The number of hydrogen-bond acceptors (Lipinski definition) is 5. The molecule has 13 heavy (non-hydrogen) atoms. The number of phenols is 1. The highest BCUT2D eigenvalue weighted by Crippen LogP contribution is 2.32. The lowest BCUT2D eigenvalue weighted by Gasteiger charge is -1.99. The number of anilines is 1. The Morgan fingerprint density at radius 2 is 2.23 bits per heavy atom. The molecular weight excluding hydrogens is 174 g/mol. The first-order chi connectivity index (χ1) is 6.06. The van der Waals surface area contributed by atoms with E-state index in [2.05, 4.69) is 0 Å². The fourth-order valence-electron chi connectivity index (χ4n) is 0.845. The lowest BCUT2D eigenvalue weighted by Crippen LogP contribution is -1.94. The SMILES string of the molecule is N#Cc1cc(N)c(O)c([N+](=O)[O-])c1. The molecule has 0 fully saturated rings. The third-order valence-corrected chi connectivity index (χ3v) is 1.45. The van der Waals surface area contributed by atoms with Crippen LogP contribution in [0.25, 0.3) is 0 Å². The Labute approximate surface area is 73.0 Å². The third kappa shape index (κ3) is 1.49. The molecule has 0 aliphatic carbocycles. The second-order valence-corrected chi connectivity index (χ2v) is 2.30. The zero-order valence-electron chi connectivity index (χ0n) is 6.39. The van der Waals surface area contributed by atoms with Gasteiger partial charge in [0.1, 0.15) is 0 Å². The highest BCUT2D eigenvalue weighted by molar-refractivity contribution is 5.66. The molecule has 1 rings (SSSR count). The van der Waals surface area contributed by atoms with Crippen LogP contribution in [-0.4, -0.2) is 10.0 Å². The first kappa shape index (κ1) is 8.80. The van der Waals surface area contributed by atoms with Gasteiger partial charge in [-0.15, -0.1) is 0 Å². The van der Waals surface area contributed by atoms with Crippen molar-refractivity contribution in [2.45, 2.75) is 0 Å². The number of nitro groups is 1. The van der Waals surface area contributed by atoms with Gasteiger partial charge in [-0.2, -0.15) is 5.26 Å². The van der Waals surface area contributed by atoms with Crippen LogP contribution in [-0.2, 0) is 0 Å². The summed E-state index contributed by atoms with van der Waals surface area (Å²) in [7, 11) is 0. The van der Waals surface area contributed by atoms with Crippen molar-refractivity contribution in [3.05, 3.63) is 27.8 Å². The van der Waals surface area contributed by atoms with Crippen LogP contribution in [0.1, 0.15) is 5.56 Å². The molecule has 0 radical (unpaired) electrons. The number of benzene rings is 1. The lowest BCUT2D eigenvalue weighted by atomic mass is 10.2. The molecule has 3 N–H and O–H groups in total. The van der Waals surface area contributed by atoms with Crippen LogP contribution in [0, 0.1) is 21.4 Å². The minimum absolute atomic E-state index is 0.0435. The number of rotatable bonds is 1. The fourth-order valence-corrected chi connectivity index (χ4v) is 0.845. The molecule has 6 heteroatoms. The summed E-state index contributed by atoms with van der Waals surface area (Å²) >= 11 is 0. The van der Waals surface area contributed by atoms with Crippen LogP contribution in [0.15, 0.2) is 12.1 Å². The number of nitrogens with zero attached hydrogens (tertiary/aromatic N) is 2. The van der Waals surface area contributed by atoms with Crippen molar-refractivity contribution >= 4 is 11.4 Å². The van der Waals surface area contributed by atoms with E-state index in [0.29, 0.717) is 0 Å². The van der Waals surface area contributed by atoms with Crippen molar-refractivity contribution in [3.8, 4) is 11.8 Å². The van der Waals surface area contributed by atoms with Gasteiger partial charge in [0.05, 0.1) is 22.2 Å². The summed E-state index contributed by atoms with van der Waals surface area (Å²) in [4.78, 5) is 9.52. The zero-order valence-corrected chi connectivity index (χ0v) is 6.39. The third-order valence-electron chi connectivity index (χ3n) is 1.45. The van der Waals surface area contributed by atoms with E-state index in [-0.39, 0.29) is 11.3 Å². The van der Waals surface area contributed by atoms with Gasteiger partial charge in [0.2, 0.25) is 5.75 Å². The minimum atomic E-state index is -0.799. The average molecular weight is 179 g/mol. The summed E-state index contributed by atoms with van der Waals surface area (Å²) in [6, 6.07) is 3.83. The normalized spacial score (nSPS) is 9.15. The molecule has 0 aromatic heterocycles. The standard InChI is InChI=1S/C7H5N3O3/c8-3-4-1-5(9)7(11)6(2-4)10(12)13/h1-2,11H,9H2. The van der Waals surface area contributed by atoms with Gasteiger partial charge < -0.3 is 10.8 Å². The molecule has 1 aromatic rings. The highest BCUT2D eigenvalue weighted by Gasteiger charge is 2.17. The number of nitro benzene ring substituents is 1. The Morgan fingerprint density at radius 3 is 2.69 bits per heavy atom. The minimum Gasteiger partial charge on any atom is -0.501 e. The van der Waals surface area contributed by atoms with Gasteiger partial charge in [0, 0.05) is 6.07 Å². The molecule has 0 heterocycles. The first-order valence-electron chi connectivity index (χ1n) is 3.23. The van der Waals surface area contributed by atoms with Crippen LogP contribution in [0.4, 0.5) is 11.4 Å². The Bertz CT molecular complexity index is 408. The van der Waals surface area contributed by atoms with Crippen molar-refractivity contribution in [1.82, 2.24) is 0 Å². The van der Waals surface area contributed by atoms with E-state index in [0.717, 1.165) is 6.07 Å². The smallest absolute Gasteiger partial charge is 0.314 e. The lowest BCUT2D eigenvalue weighted by molar-refractivity contribution is -0.385. The monoisotopic (exact) mass is 179 g/mol. The number of aromatic hydroxyl groups is 1. The molecule has 0 aliphatic rings. The summed E-state index contributed by atoms with van der Waals surface area (Å²) in [5.74, 6) is -0.607. The molecule has 0 atom stereocenters. The topological polar surface area (TPSA) is 113 Å². The predicted octanol–water partition coefficient (Wildman–Crippen LogP) is 0.754. The van der Waals surface area contributed by atoms with Crippen LogP contribution in [0.5, 0.6) is 5.75 Å². The van der Waals surface area contributed by atoms with Gasteiger partial charge in [-0.1, -0.05) is 0 Å². The molecule has 6 nitrogen and oxygen atoms in total. The molecule has 0 spiro atoms. The zero-order chi connectivity index (χ0) is 10.0. The van der Waals surface area contributed by atoms with Crippen molar-refractivity contribution in [3.63, 3.8) is 0 Å². The van der Waals surface area contributed by atoms with Crippen molar-refractivity contribution in [1.29, 1.82) is 5.26 Å². The Kier molecular flexibility index (Phi) is 2.02. The summed E-state index contributed by atoms with van der Waals surface area (Å²) in [5, 5.41) is 27.9. The molecule has 0 amide bonds. The fraction of sp³-hybridized carbons (Fsp3) is 0. The molecule has 0 aliphatic heterocycles. The largest absolute Gasteiger partial charge is 0.501 e. The molecular formula is C7H5N3O3. The van der Waals surface area contributed by atoms with Crippen molar-refractivity contribution in [2.24, 2.45) is 0 Å². The van der Waals surface area contributed by atoms with Crippen LogP contribution < -0.4 is 5.73 Å². The van der Waals surface area contributed by atoms with Gasteiger partial charge in [0.25, 0.3) is 0 Å². The van der Waals surface area contributed by atoms with E-state index in [1.165, 1.54) is 6.07 Å². The van der Waals surface area contributed by atoms with E-state index in [9.17, 15) is 10.1 Å². The maximum atomic E-state index is 10.3.